The van der Waals surface area contributed by atoms with Crippen LogP contribution in [0, 0.1) is 6.92 Å². The maximum atomic E-state index is 13.0. The monoisotopic (exact) mass is 466 g/mol. The van der Waals surface area contributed by atoms with E-state index in [4.69, 9.17) is 4.42 Å². The van der Waals surface area contributed by atoms with Crippen LogP contribution in [0.2, 0.25) is 0 Å². The first-order chi connectivity index (χ1) is 13.1. The van der Waals surface area contributed by atoms with Crippen molar-refractivity contribution in [3.63, 3.8) is 0 Å². The van der Waals surface area contributed by atoms with Gasteiger partial charge in [0.05, 0.1) is 10.2 Å². The molecule has 0 spiro atoms. The molecule has 6 nitrogen and oxygen atoms in total. The molecule has 0 amide bonds. The Labute approximate surface area is 163 Å². The van der Waals surface area contributed by atoms with Gasteiger partial charge in [-0.3, -0.25) is 4.68 Å². The molecule has 150 valence electrons. The third kappa shape index (κ3) is 4.01. The van der Waals surface area contributed by atoms with Gasteiger partial charge in [0.2, 0.25) is 11.8 Å². The van der Waals surface area contributed by atoms with Crippen molar-refractivity contribution in [2.45, 2.75) is 32.7 Å². The van der Waals surface area contributed by atoms with Crippen LogP contribution in [0.25, 0.3) is 11.5 Å². The van der Waals surface area contributed by atoms with Crippen LogP contribution in [0.15, 0.2) is 33.2 Å². The van der Waals surface area contributed by atoms with E-state index in [-0.39, 0.29) is 27.7 Å². The number of ether oxygens (including phenoxy) is 1. The maximum Gasteiger partial charge on any atom is 0.436 e. The van der Waals surface area contributed by atoms with Gasteiger partial charge in [-0.1, -0.05) is 0 Å². The molecule has 2 heterocycles. The van der Waals surface area contributed by atoms with Gasteiger partial charge in [0.15, 0.2) is 5.69 Å². The summed E-state index contributed by atoms with van der Waals surface area (Å²) >= 11 is 2.91. The lowest BCUT2D eigenvalue weighted by atomic mass is 10.2. The minimum Gasteiger partial charge on any atom is -0.435 e. The Balaban J connectivity index is 1.86. The normalized spacial score (nSPS) is 13.2. The summed E-state index contributed by atoms with van der Waals surface area (Å²) in [5, 5.41) is 11.3. The molecule has 0 bridgehead atoms. The summed E-state index contributed by atoms with van der Waals surface area (Å²) in [6.07, 6.45) is -4.61. The van der Waals surface area contributed by atoms with E-state index in [9.17, 15) is 22.0 Å². The van der Waals surface area contributed by atoms with Crippen molar-refractivity contribution >= 4 is 15.9 Å². The van der Waals surface area contributed by atoms with Crippen molar-refractivity contribution in [1.82, 2.24) is 20.0 Å². The Bertz CT molecular complexity index is 969. The fraction of sp³-hybridized carbons (Fsp3) is 0.312. The van der Waals surface area contributed by atoms with Crippen LogP contribution >= 0.6 is 15.9 Å². The molecule has 3 aromatic rings. The number of benzene rings is 1. The van der Waals surface area contributed by atoms with Crippen LogP contribution < -0.4 is 4.74 Å². The second-order valence-corrected chi connectivity index (χ2v) is 6.51. The Morgan fingerprint density at radius 3 is 2.32 bits per heavy atom. The molecule has 0 aliphatic heterocycles. The molecule has 2 aromatic heterocycles. The third-order valence-corrected chi connectivity index (χ3v) is 4.79. The van der Waals surface area contributed by atoms with Crippen molar-refractivity contribution in [2.75, 3.05) is 0 Å². The van der Waals surface area contributed by atoms with Crippen LogP contribution in [0.1, 0.15) is 30.2 Å². The summed E-state index contributed by atoms with van der Waals surface area (Å²) < 4.78 is 74.2. The van der Waals surface area contributed by atoms with E-state index in [0.717, 1.165) is 4.68 Å². The number of nitrogens with zero attached hydrogens (tertiary/aromatic N) is 4. The predicted octanol–water partition coefficient (Wildman–Crippen LogP) is 5.23. The quantitative estimate of drug-likeness (QED) is 0.481. The lowest BCUT2D eigenvalue weighted by Gasteiger charge is -2.10. The van der Waals surface area contributed by atoms with E-state index >= 15 is 0 Å². The van der Waals surface area contributed by atoms with Crippen molar-refractivity contribution in [3.05, 3.63) is 46.0 Å². The van der Waals surface area contributed by atoms with Crippen LogP contribution in [-0.2, 0) is 6.18 Å². The number of hydrogen-bond acceptors (Lipinski definition) is 5. The van der Waals surface area contributed by atoms with E-state index in [1.807, 2.05) is 0 Å². The predicted molar refractivity (Wildman–Crippen MR) is 89.8 cm³/mol. The van der Waals surface area contributed by atoms with Crippen molar-refractivity contribution in [1.29, 1.82) is 0 Å². The van der Waals surface area contributed by atoms with Crippen molar-refractivity contribution in [3.8, 4) is 17.2 Å². The lowest BCUT2D eigenvalue weighted by molar-refractivity contribution is -0.142. The van der Waals surface area contributed by atoms with Gasteiger partial charge in [-0.2, -0.15) is 27.1 Å². The highest BCUT2D eigenvalue weighted by Gasteiger charge is 2.38. The summed E-state index contributed by atoms with van der Waals surface area (Å²) in [6.45, 7) is 0.0885. The minimum atomic E-state index is -4.61. The fourth-order valence-electron chi connectivity index (χ4n) is 2.46. The van der Waals surface area contributed by atoms with Crippen molar-refractivity contribution < 1.29 is 31.1 Å². The SMILES string of the molecule is Cc1c(Br)c(C(F)(F)F)nn1C(C)c1nnc(-c2ccc(OC(F)F)cc2)o1. The minimum absolute atomic E-state index is 0.0368. The number of rotatable bonds is 5. The second kappa shape index (κ2) is 7.49. The summed E-state index contributed by atoms with van der Waals surface area (Å²) in [5.41, 5.74) is -0.374. The molecule has 0 fully saturated rings. The summed E-state index contributed by atoms with van der Waals surface area (Å²) in [5.74, 6) is 0.0728. The summed E-state index contributed by atoms with van der Waals surface area (Å²) in [4.78, 5) is 0. The van der Waals surface area contributed by atoms with E-state index in [2.05, 4.69) is 36.0 Å². The first kappa shape index (κ1) is 20.2. The zero-order valence-corrected chi connectivity index (χ0v) is 15.9. The van der Waals surface area contributed by atoms with Crippen LogP contribution in [0.3, 0.4) is 0 Å². The lowest BCUT2D eigenvalue weighted by Crippen LogP contribution is -2.13. The fourth-order valence-corrected chi connectivity index (χ4v) is 2.95. The highest BCUT2D eigenvalue weighted by Crippen LogP contribution is 2.37. The molecule has 0 N–H and O–H groups in total. The summed E-state index contributed by atoms with van der Waals surface area (Å²) in [6, 6.07) is 4.72. The topological polar surface area (TPSA) is 66.0 Å². The zero-order chi connectivity index (χ0) is 20.6. The number of alkyl halides is 5. The molecule has 0 aliphatic carbocycles. The van der Waals surface area contributed by atoms with Crippen LogP contribution in [0.4, 0.5) is 22.0 Å². The van der Waals surface area contributed by atoms with Crippen LogP contribution in [0.5, 0.6) is 5.75 Å². The Morgan fingerprint density at radius 2 is 1.79 bits per heavy atom. The molecule has 0 saturated carbocycles. The average Bonchev–Trinajstić information content (AvgIpc) is 3.20. The van der Waals surface area contributed by atoms with Gasteiger partial charge in [-0.25, -0.2) is 0 Å². The Morgan fingerprint density at radius 1 is 1.14 bits per heavy atom. The highest BCUT2D eigenvalue weighted by atomic mass is 79.9. The van der Waals surface area contributed by atoms with Gasteiger partial charge in [-0.15, -0.1) is 10.2 Å². The number of halogens is 6. The molecule has 1 aromatic carbocycles. The van der Waals surface area contributed by atoms with Crippen molar-refractivity contribution in [2.24, 2.45) is 0 Å². The molecule has 28 heavy (non-hydrogen) atoms. The smallest absolute Gasteiger partial charge is 0.435 e. The molecular formula is C16H12BrF5N4O2. The largest absolute Gasteiger partial charge is 0.436 e. The molecule has 12 heteroatoms. The van der Waals surface area contributed by atoms with E-state index < -0.39 is 24.5 Å². The van der Waals surface area contributed by atoms with E-state index in [0.29, 0.717) is 5.56 Å². The van der Waals surface area contributed by atoms with E-state index in [1.54, 1.807) is 6.92 Å². The Hall–Kier alpha value is -2.50. The first-order valence-corrected chi connectivity index (χ1v) is 8.57. The first-order valence-electron chi connectivity index (χ1n) is 7.78. The van der Waals surface area contributed by atoms with Gasteiger partial charge in [0.1, 0.15) is 11.8 Å². The molecule has 1 atom stereocenters. The molecule has 0 aliphatic rings. The average molecular weight is 467 g/mol. The highest BCUT2D eigenvalue weighted by molar-refractivity contribution is 9.10. The van der Waals surface area contributed by atoms with Crippen LogP contribution in [-0.4, -0.2) is 26.6 Å². The molecule has 0 radical (unpaired) electrons. The number of hydrogen-bond donors (Lipinski definition) is 0. The van der Waals surface area contributed by atoms with Gasteiger partial charge in [0, 0.05) is 5.56 Å². The van der Waals surface area contributed by atoms with Gasteiger partial charge >= 0.3 is 12.8 Å². The molecule has 3 rings (SSSR count). The molecule has 0 saturated heterocycles. The van der Waals surface area contributed by atoms with Gasteiger partial charge < -0.3 is 9.15 Å². The zero-order valence-electron chi connectivity index (χ0n) is 14.3. The van der Waals surface area contributed by atoms with E-state index in [1.165, 1.54) is 31.2 Å². The maximum absolute atomic E-state index is 13.0. The molecular weight excluding hydrogens is 455 g/mol. The number of aromatic nitrogens is 4. The second-order valence-electron chi connectivity index (χ2n) is 5.71. The Kier molecular flexibility index (Phi) is 5.41. The standard InChI is InChI=1S/C16H12BrF5N4O2/c1-7-11(17)12(16(20,21)22)25-26(7)8(2)13-23-24-14(28-13)9-3-5-10(6-4-9)27-15(18)19/h3-6,8,15H,1-2H3. The third-order valence-electron chi connectivity index (χ3n) is 3.84. The van der Waals surface area contributed by atoms with Gasteiger partial charge in [-0.05, 0) is 54.0 Å². The summed E-state index contributed by atoms with van der Waals surface area (Å²) in [7, 11) is 0. The van der Waals surface area contributed by atoms with Gasteiger partial charge in [0.25, 0.3) is 0 Å². The molecule has 1 unspecified atom stereocenters.